The highest BCUT2D eigenvalue weighted by molar-refractivity contribution is 6.42. The Bertz CT molecular complexity index is 387. The van der Waals surface area contributed by atoms with E-state index in [1.807, 2.05) is 18.2 Å². The highest BCUT2D eigenvalue weighted by Crippen LogP contribution is 2.60. The van der Waals surface area contributed by atoms with Crippen LogP contribution in [0.1, 0.15) is 25.8 Å². The molecule has 1 nitrogen and oxygen atoms in total. The Balaban J connectivity index is 2.40. The minimum absolute atomic E-state index is 0.171. The van der Waals surface area contributed by atoms with Crippen LogP contribution in [0.15, 0.2) is 18.2 Å². The van der Waals surface area contributed by atoms with E-state index in [-0.39, 0.29) is 11.0 Å². The Morgan fingerprint density at radius 3 is 2.21 bits per heavy atom. The first-order valence-electron chi connectivity index (χ1n) is 4.61. The number of hydrogen-bond donors (Lipinski definition) is 1. The molecule has 2 N–H and O–H groups in total. The summed E-state index contributed by atoms with van der Waals surface area (Å²) < 4.78 is 0. The molecule has 2 rings (SSSR count). The van der Waals surface area contributed by atoms with Crippen LogP contribution in [0.3, 0.4) is 0 Å². The summed E-state index contributed by atoms with van der Waals surface area (Å²) in [4.78, 5) is 0. The van der Waals surface area contributed by atoms with Crippen molar-refractivity contribution in [2.45, 2.75) is 25.8 Å². The summed E-state index contributed by atoms with van der Waals surface area (Å²) in [6.45, 7) is 4.32. The first-order valence-corrected chi connectivity index (χ1v) is 5.37. The van der Waals surface area contributed by atoms with E-state index in [1.165, 1.54) is 0 Å². The highest BCUT2D eigenvalue weighted by Gasteiger charge is 2.59. The van der Waals surface area contributed by atoms with Gasteiger partial charge in [0.2, 0.25) is 0 Å². The van der Waals surface area contributed by atoms with Crippen molar-refractivity contribution in [3.63, 3.8) is 0 Å². The van der Waals surface area contributed by atoms with Crippen LogP contribution in [0.2, 0.25) is 10.0 Å². The molecule has 0 radical (unpaired) electrons. The van der Waals surface area contributed by atoms with Gasteiger partial charge in [0, 0.05) is 5.54 Å². The molecule has 0 amide bonds. The fourth-order valence-corrected chi connectivity index (χ4v) is 2.22. The third kappa shape index (κ3) is 1.35. The van der Waals surface area contributed by atoms with Crippen LogP contribution in [0.25, 0.3) is 0 Å². The zero-order chi connectivity index (χ0) is 10.6. The predicted molar refractivity (Wildman–Crippen MR) is 60.7 cm³/mol. The zero-order valence-electron chi connectivity index (χ0n) is 8.27. The summed E-state index contributed by atoms with van der Waals surface area (Å²) in [7, 11) is 0. The number of rotatable bonds is 1. The second kappa shape index (κ2) is 2.88. The van der Waals surface area contributed by atoms with Crippen LogP contribution in [-0.4, -0.2) is 0 Å². The van der Waals surface area contributed by atoms with Crippen LogP contribution in [0.5, 0.6) is 0 Å². The minimum atomic E-state index is -0.221. The lowest BCUT2D eigenvalue weighted by Crippen LogP contribution is -2.25. The fourth-order valence-electron chi connectivity index (χ4n) is 1.92. The van der Waals surface area contributed by atoms with Crippen molar-refractivity contribution in [2.24, 2.45) is 11.1 Å². The average molecular weight is 230 g/mol. The summed E-state index contributed by atoms with van der Waals surface area (Å²) in [6.07, 6.45) is 0.998. The summed E-state index contributed by atoms with van der Waals surface area (Å²) in [5, 5.41) is 1.16. The number of nitrogens with two attached hydrogens (primary N) is 1. The Morgan fingerprint density at radius 2 is 1.79 bits per heavy atom. The maximum atomic E-state index is 6.26. The number of benzene rings is 1. The molecule has 0 spiro atoms. The lowest BCUT2D eigenvalue weighted by molar-refractivity contribution is 0.510. The number of halogens is 2. The monoisotopic (exact) mass is 229 g/mol. The largest absolute Gasteiger partial charge is 0.321 e. The highest BCUT2D eigenvalue weighted by atomic mass is 35.5. The van der Waals surface area contributed by atoms with Gasteiger partial charge >= 0.3 is 0 Å². The van der Waals surface area contributed by atoms with Crippen LogP contribution in [-0.2, 0) is 5.54 Å². The van der Waals surface area contributed by atoms with Crippen molar-refractivity contribution < 1.29 is 0 Å². The molecule has 0 aliphatic heterocycles. The molecule has 14 heavy (non-hydrogen) atoms. The third-order valence-electron chi connectivity index (χ3n) is 3.24. The first kappa shape index (κ1) is 10.3. The second-order valence-electron chi connectivity index (χ2n) is 4.66. The molecule has 0 aromatic heterocycles. The molecule has 3 heteroatoms. The Hall–Kier alpha value is -0.240. The van der Waals surface area contributed by atoms with Crippen LogP contribution >= 0.6 is 23.2 Å². The van der Waals surface area contributed by atoms with Crippen LogP contribution in [0.4, 0.5) is 0 Å². The summed E-state index contributed by atoms with van der Waals surface area (Å²) in [6, 6.07) is 5.64. The van der Waals surface area contributed by atoms with Crippen molar-refractivity contribution in [3.05, 3.63) is 33.8 Å². The van der Waals surface area contributed by atoms with Gasteiger partial charge in [-0.05, 0) is 29.5 Å². The van der Waals surface area contributed by atoms with E-state index in [1.54, 1.807) is 0 Å². The van der Waals surface area contributed by atoms with Crippen molar-refractivity contribution in [3.8, 4) is 0 Å². The Labute approximate surface area is 94.2 Å². The van der Waals surface area contributed by atoms with E-state index in [0.29, 0.717) is 10.0 Å². The van der Waals surface area contributed by atoms with Crippen molar-refractivity contribution in [2.75, 3.05) is 0 Å². The standard InChI is InChI=1S/C11H13Cl2N/c1-10(2)6-11(10,14)7-3-4-8(12)9(13)5-7/h3-5H,6,14H2,1-2H3. The summed E-state index contributed by atoms with van der Waals surface area (Å²) in [5.41, 5.74) is 7.29. The predicted octanol–water partition coefficient (Wildman–Crippen LogP) is 3.58. The van der Waals surface area contributed by atoms with Crippen LogP contribution < -0.4 is 5.73 Å². The van der Waals surface area contributed by atoms with Gasteiger partial charge in [-0.1, -0.05) is 43.1 Å². The van der Waals surface area contributed by atoms with Gasteiger partial charge in [-0.25, -0.2) is 0 Å². The van der Waals surface area contributed by atoms with Gasteiger partial charge in [-0.2, -0.15) is 0 Å². The average Bonchev–Trinajstić information content (AvgIpc) is 2.58. The molecule has 0 bridgehead atoms. The molecular weight excluding hydrogens is 217 g/mol. The Morgan fingerprint density at radius 1 is 1.21 bits per heavy atom. The van der Waals surface area contributed by atoms with Gasteiger partial charge in [-0.3, -0.25) is 0 Å². The van der Waals surface area contributed by atoms with E-state index >= 15 is 0 Å². The first-order chi connectivity index (χ1) is 6.37. The molecular formula is C11H13Cl2N. The van der Waals surface area contributed by atoms with Gasteiger partial charge < -0.3 is 5.73 Å². The minimum Gasteiger partial charge on any atom is -0.321 e. The molecule has 1 saturated carbocycles. The van der Waals surface area contributed by atoms with E-state index < -0.39 is 0 Å². The zero-order valence-corrected chi connectivity index (χ0v) is 9.78. The maximum absolute atomic E-state index is 6.26. The smallest absolute Gasteiger partial charge is 0.0595 e. The van der Waals surface area contributed by atoms with Crippen molar-refractivity contribution >= 4 is 23.2 Å². The van der Waals surface area contributed by atoms with E-state index in [4.69, 9.17) is 28.9 Å². The van der Waals surface area contributed by atoms with Gasteiger partial charge in [0.15, 0.2) is 0 Å². The quantitative estimate of drug-likeness (QED) is 0.783. The lowest BCUT2D eigenvalue weighted by Gasteiger charge is -2.15. The molecule has 76 valence electrons. The van der Waals surface area contributed by atoms with E-state index in [0.717, 1.165) is 12.0 Å². The van der Waals surface area contributed by atoms with Crippen molar-refractivity contribution in [1.82, 2.24) is 0 Å². The van der Waals surface area contributed by atoms with Crippen LogP contribution in [0, 0.1) is 5.41 Å². The molecule has 1 aliphatic rings. The SMILES string of the molecule is CC1(C)CC1(N)c1ccc(Cl)c(Cl)c1. The van der Waals surface area contributed by atoms with Gasteiger partial charge in [0.1, 0.15) is 0 Å². The molecule has 1 aliphatic carbocycles. The van der Waals surface area contributed by atoms with Crippen molar-refractivity contribution in [1.29, 1.82) is 0 Å². The van der Waals surface area contributed by atoms with E-state index in [2.05, 4.69) is 13.8 Å². The summed E-state index contributed by atoms with van der Waals surface area (Å²) in [5.74, 6) is 0. The molecule has 1 unspecified atom stereocenters. The molecule has 0 saturated heterocycles. The molecule has 0 heterocycles. The lowest BCUT2D eigenvalue weighted by atomic mass is 9.97. The molecule has 1 aromatic rings. The number of hydrogen-bond acceptors (Lipinski definition) is 1. The second-order valence-corrected chi connectivity index (χ2v) is 5.48. The van der Waals surface area contributed by atoms with Gasteiger partial charge in [0.05, 0.1) is 10.0 Å². The topological polar surface area (TPSA) is 26.0 Å². The molecule has 1 fully saturated rings. The Kier molecular flexibility index (Phi) is 2.11. The molecule has 1 aromatic carbocycles. The van der Waals surface area contributed by atoms with Gasteiger partial charge in [0.25, 0.3) is 0 Å². The third-order valence-corrected chi connectivity index (χ3v) is 3.98. The molecule has 1 atom stereocenters. The normalized spacial score (nSPS) is 28.9. The maximum Gasteiger partial charge on any atom is 0.0595 e. The van der Waals surface area contributed by atoms with E-state index in [9.17, 15) is 0 Å². The fraction of sp³-hybridized carbons (Fsp3) is 0.455. The summed E-state index contributed by atoms with van der Waals surface area (Å²) >= 11 is 11.8. The van der Waals surface area contributed by atoms with Gasteiger partial charge in [-0.15, -0.1) is 0 Å².